The molecule has 0 N–H and O–H groups in total. The van der Waals surface area contributed by atoms with Gasteiger partial charge in [0.25, 0.3) is 0 Å². The third kappa shape index (κ3) is 1.16. The van der Waals surface area contributed by atoms with E-state index >= 15 is 0 Å². The van der Waals surface area contributed by atoms with Crippen LogP contribution in [0.4, 0.5) is 0 Å². The van der Waals surface area contributed by atoms with E-state index in [4.69, 9.17) is 0 Å². The molecule has 0 amide bonds. The van der Waals surface area contributed by atoms with Crippen molar-refractivity contribution >= 4 is 5.90 Å². The second kappa shape index (κ2) is 2.34. The highest BCUT2D eigenvalue weighted by atomic mass is 16.3. The van der Waals surface area contributed by atoms with Crippen molar-refractivity contribution < 1.29 is 9.70 Å². The predicted octanol–water partition coefficient (Wildman–Crippen LogP) is 0.188. The average molecular weight is 152 g/mol. The number of hydrogen-bond acceptors (Lipinski definition) is 2. The van der Waals surface area contributed by atoms with Gasteiger partial charge in [0.2, 0.25) is 0 Å². The van der Waals surface area contributed by atoms with Crippen LogP contribution in [0.5, 0.6) is 0 Å². The minimum Gasteiger partial charge on any atom is -0.855 e. The molecule has 0 aromatic rings. The van der Waals surface area contributed by atoms with E-state index in [9.17, 15) is 5.11 Å². The Hall–Kier alpha value is -0.830. The van der Waals surface area contributed by atoms with Crippen molar-refractivity contribution in [2.45, 2.75) is 19.3 Å². The fraction of sp³-hybridized carbons (Fsp3) is 0.625. The number of piperidine rings is 1. The molecule has 0 aromatic heterocycles. The molecule has 1 fully saturated rings. The summed E-state index contributed by atoms with van der Waals surface area (Å²) in [5, 5.41) is 14.9. The zero-order chi connectivity index (χ0) is 7.73. The molecule has 60 valence electrons. The summed E-state index contributed by atoms with van der Waals surface area (Å²) in [5.74, 6) is -0.0631. The first-order chi connectivity index (χ1) is 5.31. The lowest BCUT2D eigenvalue weighted by atomic mass is 10.1. The van der Waals surface area contributed by atoms with Crippen LogP contribution in [0, 0.1) is 0 Å². The first kappa shape index (κ1) is 6.85. The Bertz CT molecular complexity index is 214. The summed E-state index contributed by atoms with van der Waals surface area (Å²) in [6, 6.07) is 0. The maximum atomic E-state index is 10.8. The van der Waals surface area contributed by atoms with Gasteiger partial charge in [0.15, 0.2) is 0 Å². The van der Waals surface area contributed by atoms with Crippen LogP contribution in [0.25, 0.3) is 0 Å². The second-order valence-corrected chi connectivity index (χ2v) is 3.25. The third-order valence-electron chi connectivity index (χ3n) is 2.38. The molecule has 0 saturated carbocycles. The topological polar surface area (TPSA) is 35.4 Å². The van der Waals surface area contributed by atoms with Gasteiger partial charge in [-0.15, -0.1) is 0 Å². The Labute approximate surface area is 66.2 Å². The van der Waals surface area contributed by atoms with Gasteiger partial charge in [0.05, 0.1) is 5.90 Å². The summed E-state index contributed by atoms with van der Waals surface area (Å²) in [6.45, 7) is 2.03. The minimum atomic E-state index is -0.0631. The van der Waals surface area contributed by atoms with E-state index in [0.29, 0.717) is 4.59 Å². The van der Waals surface area contributed by atoms with Crippen LogP contribution in [-0.2, 0) is 0 Å². The lowest BCUT2D eigenvalue weighted by Crippen LogP contribution is -2.40. The second-order valence-electron chi connectivity index (χ2n) is 3.25. The SMILES string of the molecule is [O-]C1=N[N+]2(C=C1)CCCCC2. The molecule has 2 aliphatic rings. The molecule has 1 spiro atoms. The van der Waals surface area contributed by atoms with E-state index in [1.165, 1.54) is 19.3 Å². The molecule has 1 saturated heterocycles. The molecule has 0 atom stereocenters. The zero-order valence-corrected chi connectivity index (χ0v) is 6.49. The van der Waals surface area contributed by atoms with Crippen LogP contribution < -0.4 is 5.11 Å². The molecule has 2 heterocycles. The third-order valence-corrected chi connectivity index (χ3v) is 2.38. The van der Waals surface area contributed by atoms with Crippen LogP contribution in [0.2, 0.25) is 0 Å². The monoisotopic (exact) mass is 152 g/mol. The number of hydrogen-bond donors (Lipinski definition) is 0. The fourth-order valence-corrected chi connectivity index (χ4v) is 1.77. The Balaban J connectivity index is 2.17. The van der Waals surface area contributed by atoms with Crippen molar-refractivity contribution in [2.24, 2.45) is 5.10 Å². The van der Waals surface area contributed by atoms with Gasteiger partial charge in [-0.05, 0) is 19.3 Å². The van der Waals surface area contributed by atoms with Gasteiger partial charge in [0.1, 0.15) is 19.3 Å². The van der Waals surface area contributed by atoms with E-state index in [1.54, 1.807) is 6.08 Å². The van der Waals surface area contributed by atoms with Crippen LogP contribution in [0.3, 0.4) is 0 Å². The number of quaternary nitrogens is 1. The standard InChI is InChI=1S/C8H12N2O/c11-8-4-7-10(9-8)5-2-1-3-6-10/h4,7H,1-3,5-6H2. The molecule has 2 rings (SSSR count). The van der Waals surface area contributed by atoms with Crippen molar-refractivity contribution in [2.75, 3.05) is 13.1 Å². The van der Waals surface area contributed by atoms with Crippen molar-refractivity contribution in [3.05, 3.63) is 12.3 Å². The Morgan fingerprint density at radius 3 is 2.55 bits per heavy atom. The quantitative estimate of drug-likeness (QED) is 0.456. The summed E-state index contributed by atoms with van der Waals surface area (Å²) < 4.78 is 0.582. The van der Waals surface area contributed by atoms with Gasteiger partial charge in [0, 0.05) is 6.08 Å². The Morgan fingerprint density at radius 1 is 1.27 bits per heavy atom. The first-order valence-electron chi connectivity index (χ1n) is 4.14. The lowest BCUT2D eigenvalue weighted by Gasteiger charge is -2.29. The molecular weight excluding hydrogens is 140 g/mol. The summed E-state index contributed by atoms with van der Waals surface area (Å²) in [7, 11) is 0. The van der Waals surface area contributed by atoms with E-state index in [2.05, 4.69) is 5.10 Å². The predicted molar refractivity (Wildman–Crippen MR) is 40.4 cm³/mol. The summed E-state index contributed by atoms with van der Waals surface area (Å²) in [6.07, 6.45) is 7.20. The van der Waals surface area contributed by atoms with Crippen LogP contribution in [0.1, 0.15) is 19.3 Å². The van der Waals surface area contributed by atoms with Crippen LogP contribution in [0.15, 0.2) is 17.4 Å². The normalized spacial score (nSPS) is 27.5. The number of rotatable bonds is 0. The molecule has 2 aliphatic heterocycles. The van der Waals surface area contributed by atoms with Gasteiger partial charge >= 0.3 is 0 Å². The van der Waals surface area contributed by atoms with E-state index in [-0.39, 0.29) is 5.90 Å². The maximum absolute atomic E-state index is 10.8. The smallest absolute Gasteiger partial charge is 0.123 e. The lowest BCUT2D eigenvalue weighted by molar-refractivity contribution is -0.889. The average Bonchev–Trinajstić information content (AvgIpc) is 2.34. The molecule has 3 nitrogen and oxygen atoms in total. The van der Waals surface area contributed by atoms with E-state index < -0.39 is 0 Å². The molecule has 0 bridgehead atoms. The van der Waals surface area contributed by atoms with Gasteiger partial charge in [-0.2, -0.15) is 4.59 Å². The van der Waals surface area contributed by atoms with Gasteiger partial charge in [-0.3, -0.25) is 0 Å². The maximum Gasteiger partial charge on any atom is 0.123 e. The van der Waals surface area contributed by atoms with E-state index in [1.807, 2.05) is 6.20 Å². The van der Waals surface area contributed by atoms with Crippen LogP contribution >= 0.6 is 0 Å². The highest BCUT2D eigenvalue weighted by Crippen LogP contribution is 2.23. The molecule has 11 heavy (non-hydrogen) atoms. The molecule has 0 radical (unpaired) electrons. The molecule has 0 unspecified atom stereocenters. The van der Waals surface area contributed by atoms with Crippen molar-refractivity contribution in [1.82, 2.24) is 0 Å². The zero-order valence-electron chi connectivity index (χ0n) is 6.49. The Morgan fingerprint density at radius 2 is 2.00 bits per heavy atom. The first-order valence-corrected chi connectivity index (χ1v) is 4.14. The van der Waals surface area contributed by atoms with E-state index in [0.717, 1.165) is 13.1 Å². The number of nitrogens with zero attached hydrogens (tertiary/aromatic N) is 2. The minimum absolute atomic E-state index is 0.0631. The van der Waals surface area contributed by atoms with Crippen molar-refractivity contribution in [3.63, 3.8) is 0 Å². The molecule has 0 aromatic carbocycles. The van der Waals surface area contributed by atoms with Gasteiger partial charge in [-0.1, -0.05) is 5.10 Å². The van der Waals surface area contributed by atoms with Crippen molar-refractivity contribution in [3.8, 4) is 0 Å². The fourth-order valence-electron chi connectivity index (χ4n) is 1.77. The highest BCUT2D eigenvalue weighted by Gasteiger charge is 2.29. The largest absolute Gasteiger partial charge is 0.855 e. The van der Waals surface area contributed by atoms with Crippen molar-refractivity contribution in [1.29, 1.82) is 0 Å². The highest BCUT2D eigenvalue weighted by molar-refractivity contribution is 5.83. The molecule has 3 heteroatoms. The summed E-state index contributed by atoms with van der Waals surface area (Å²) in [5.41, 5.74) is 0. The van der Waals surface area contributed by atoms with Gasteiger partial charge in [-0.25, -0.2) is 0 Å². The van der Waals surface area contributed by atoms with Crippen LogP contribution in [-0.4, -0.2) is 23.6 Å². The summed E-state index contributed by atoms with van der Waals surface area (Å²) >= 11 is 0. The summed E-state index contributed by atoms with van der Waals surface area (Å²) in [4.78, 5) is 0. The molecule has 0 aliphatic carbocycles. The Kier molecular flexibility index (Phi) is 1.46. The molecular formula is C8H12N2O. The van der Waals surface area contributed by atoms with Gasteiger partial charge < -0.3 is 5.11 Å².